The van der Waals surface area contributed by atoms with Gasteiger partial charge in [-0.1, -0.05) is 12.1 Å². The van der Waals surface area contributed by atoms with Gasteiger partial charge in [0.05, 0.1) is 12.7 Å². The number of piperidine rings is 1. The fraction of sp³-hybridized carbons (Fsp3) is 0.429. The van der Waals surface area contributed by atoms with E-state index in [1.807, 2.05) is 42.3 Å². The van der Waals surface area contributed by atoms with Crippen LogP contribution in [0.4, 0.5) is 0 Å². The summed E-state index contributed by atoms with van der Waals surface area (Å²) >= 11 is 0. The zero-order chi connectivity index (χ0) is 18.1. The lowest BCUT2D eigenvalue weighted by atomic mass is 9.97. The van der Waals surface area contributed by atoms with E-state index in [0.717, 1.165) is 29.7 Å². The number of rotatable bonds is 4. The van der Waals surface area contributed by atoms with Crippen molar-refractivity contribution in [2.45, 2.75) is 43.8 Å². The number of carbonyl (C=O) groups excluding carboxylic acids is 1. The maximum Gasteiger partial charge on any atom is 0.255 e. The van der Waals surface area contributed by atoms with E-state index < -0.39 is 0 Å². The van der Waals surface area contributed by atoms with Gasteiger partial charge in [0.2, 0.25) is 0 Å². The van der Waals surface area contributed by atoms with Crippen molar-refractivity contribution < 1.29 is 9.53 Å². The number of benzene rings is 1. The molecule has 0 radical (unpaired) electrons. The Morgan fingerprint density at radius 2 is 1.81 bits per heavy atom. The van der Waals surface area contributed by atoms with Crippen LogP contribution in [0.5, 0.6) is 5.75 Å². The molecular weight excluding hydrogens is 326 g/mol. The highest BCUT2D eigenvalue weighted by atomic mass is 16.5. The molecule has 2 unspecified atom stereocenters. The molecule has 4 rings (SSSR count). The van der Waals surface area contributed by atoms with E-state index in [1.54, 1.807) is 19.5 Å². The normalized spacial score (nSPS) is 24.3. The molecule has 1 aromatic carbocycles. The average Bonchev–Trinajstić information content (AvgIpc) is 3.04. The molecule has 2 fully saturated rings. The minimum absolute atomic E-state index is 0.0548. The monoisotopic (exact) mass is 351 g/mol. The molecule has 2 bridgehead atoms. The van der Waals surface area contributed by atoms with E-state index in [4.69, 9.17) is 4.74 Å². The summed E-state index contributed by atoms with van der Waals surface area (Å²) in [6.07, 6.45) is 8.02. The van der Waals surface area contributed by atoms with Crippen LogP contribution in [0.15, 0.2) is 42.7 Å². The fourth-order valence-corrected chi connectivity index (χ4v) is 4.21. The van der Waals surface area contributed by atoms with Gasteiger partial charge in [0.1, 0.15) is 5.75 Å². The molecule has 0 spiro atoms. The predicted molar refractivity (Wildman–Crippen MR) is 101 cm³/mol. The summed E-state index contributed by atoms with van der Waals surface area (Å²) in [5, 5.41) is 3.63. The average molecular weight is 351 g/mol. The number of nitrogens with one attached hydrogen (secondary N) is 1. The summed E-state index contributed by atoms with van der Waals surface area (Å²) in [4.78, 5) is 19.2. The van der Waals surface area contributed by atoms with Crippen LogP contribution in [-0.2, 0) is 0 Å². The van der Waals surface area contributed by atoms with Crippen molar-refractivity contribution in [2.75, 3.05) is 14.2 Å². The molecule has 0 aliphatic carbocycles. The first-order chi connectivity index (χ1) is 12.6. The van der Waals surface area contributed by atoms with E-state index in [2.05, 4.69) is 10.3 Å². The quantitative estimate of drug-likeness (QED) is 0.920. The number of aromatic nitrogens is 1. The molecule has 136 valence electrons. The molecule has 5 heteroatoms. The van der Waals surface area contributed by atoms with Crippen LogP contribution in [0.1, 0.15) is 36.0 Å². The second kappa shape index (κ2) is 7.08. The first kappa shape index (κ1) is 17.0. The standard InChI is InChI=1S/C21H25N3O2/c1-24(19-10-17-5-6-18(11-19)23-17)21(25)16-9-15(12-22-13-16)14-3-7-20(26-2)8-4-14/h3-4,7-9,12-13,17-19,23H,5-6,10-11H2,1-2H3. The third-order valence-electron chi connectivity index (χ3n) is 5.72. The maximum atomic E-state index is 13.0. The minimum atomic E-state index is 0.0548. The maximum absolute atomic E-state index is 13.0. The van der Waals surface area contributed by atoms with Crippen LogP contribution in [0.2, 0.25) is 0 Å². The van der Waals surface area contributed by atoms with Gasteiger partial charge in [-0.25, -0.2) is 0 Å². The highest BCUT2D eigenvalue weighted by Crippen LogP contribution is 2.30. The van der Waals surface area contributed by atoms with Gasteiger partial charge in [0.15, 0.2) is 0 Å². The van der Waals surface area contributed by atoms with Gasteiger partial charge in [0.25, 0.3) is 5.91 Å². The van der Waals surface area contributed by atoms with Crippen LogP contribution < -0.4 is 10.1 Å². The van der Waals surface area contributed by atoms with Crippen molar-refractivity contribution in [3.63, 3.8) is 0 Å². The van der Waals surface area contributed by atoms with E-state index in [-0.39, 0.29) is 5.91 Å². The van der Waals surface area contributed by atoms with Gasteiger partial charge < -0.3 is 15.0 Å². The topological polar surface area (TPSA) is 54.5 Å². The van der Waals surface area contributed by atoms with Crippen molar-refractivity contribution in [3.05, 3.63) is 48.3 Å². The molecule has 2 saturated heterocycles. The number of hydrogen-bond acceptors (Lipinski definition) is 4. The van der Waals surface area contributed by atoms with Crippen molar-refractivity contribution in [1.29, 1.82) is 0 Å². The van der Waals surface area contributed by atoms with Crippen LogP contribution in [0, 0.1) is 0 Å². The van der Waals surface area contributed by atoms with E-state index in [9.17, 15) is 4.79 Å². The third-order valence-corrected chi connectivity index (χ3v) is 5.72. The SMILES string of the molecule is COc1ccc(-c2cncc(C(=O)N(C)C3CC4CCC(C3)N4)c2)cc1. The summed E-state index contributed by atoms with van der Waals surface area (Å²) in [7, 11) is 3.58. The van der Waals surface area contributed by atoms with Gasteiger partial charge in [0, 0.05) is 43.1 Å². The zero-order valence-electron chi connectivity index (χ0n) is 15.3. The van der Waals surface area contributed by atoms with E-state index in [0.29, 0.717) is 23.7 Å². The molecule has 2 aliphatic heterocycles. The van der Waals surface area contributed by atoms with Crippen molar-refractivity contribution in [2.24, 2.45) is 0 Å². The van der Waals surface area contributed by atoms with Gasteiger partial charge in [-0.3, -0.25) is 9.78 Å². The molecule has 2 aliphatic rings. The number of amides is 1. The molecule has 1 aromatic heterocycles. The number of nitrogens with zero attached hydrogens (tertiary/aromatic N) is 2. The number of pyridine rings is 1. The van der Waals surface area contributed by atoms with Gasteiger partial charge in [-0.15, -0.1) is 0 Å². The summed E-state index contributed by atoms with van der Waals surface area (Å²) < 4.78 is 5.21. The molecule has 1 N–H and O–H groups in total. The lowest BCUT2D eigenvalue weighted by Gasteiger charge is -2.35. The Labute approximate surface area is 154 Å². The Morgan fingerprint density at radius 1 is 1.12 bits per heavy atom. The Balaban J connectivity index is 1.52. The van der Waals surface area contributed by atoms with Gasteiger partial charge >= 0.3 is 0 Å². The number of ether oxygens (including phenoxy) is 1. The van der Waals surface area contributed by atoms with E-state index >= 15 is 0 Å². The van der Waals surface area contributed by atoms with E-state index in [1.165, 1.54) is 12.8 Å². The highest BCUT2D eigenvalue weighted by molar-refractivity contribution is 5.95. The summed E-state index contributed by atoms with van der Waals surface area (Å²) in [6, 6.07) is 11.2. The van der Waals surface area contributed by atoms with Crippen LogP contribution in [0.25, 0.3) is 11.1 Å². The van der Waals surface area contributed by atoms with Crippen molar-refractivity contribution >= 4 is 5.91 Å². The lowest BCUT2D eigenvalue weighted by Crippen LogP contribution is -2.48. The third kappa shape index (κ3) is 3.31. The van der Waals surface area contributed by atoms with Crippen molar-refractivity contribution in [3.8, 4) is 16.9 Å². The molecule has 2 aromatic rings. The van der Waals surface area contributed by atoms with Crippen LogP contribution >= 0.6 is 0 Å². The lowest BCUT2D eigenvalue weighted by molar-refractivity contribution is 0.0681. The Hall–Kier alpha value is -2.40. The smallest absolute Gasteiger partial charge is 0.255 e. The first-order valence-corrected chi connectivity index (χ1v) is 9.26. The minimum Gasteiger partial charge on any atom is -0.497 e. The van der Waals surface area contributed by atoms with Gasteiger partial charge in [-0.05, 0) is 49.4 Å². The molecule has 5 nitrogen and oxygen atoms in total. The Morgan fingerprint density at radius 3 is 2.46 bits per heavy atom. The molecule has 26 heavy (non-hydrogen) atoms. The second-order valence-electron chi connectivity index (χ2n) is 7.37. The van der Waals surface area contributed by atoms with Crippen molar-refractivity contribution in [1.82, 2.24) is 15.2 Å². The second-order valence-corrected chi connectivity index (χ2v) is 7.37. The first-order valence-electron chi connectivity index (χ1n) is 9.26. The molecule has 1 amide bonds. The fourth-order valence-electron chi connectivity index (χ4n) is 4.21. The van der Waals surface area contributed by atoms with Crippen LogP contribution in [0.3, 0.4) is 0 Å². The zero-order valence-corrected chi connectivity index (χ0v) is 15.3. The number of carbonyl (C=O) groups is 1. The predicted octanol–water partition coefficient (Wildman–Crippen LogP) is 3.11. The summed E-state index contributed by atoms with van der Waals surface area (Å²) in [5.74, 6) is 0.869. The molecule has 2 atom stereocenters. The summed E-state index contributed by atoms with van der Waals surface area (Å²) in [6.45, 7) is 0. The number of hydrogen-bond donors (Lipinski definition) is 1. The van der Waals surface area contributed by atoms with Gasteiger partial charge in [-0.2, -0.15) is 0 Å². The molecule has 0 saturated carbocycles. The molecular formula is C21H25N3O2. The Kier molecular flexibility index (Phi) is 4.64. The number of fused-ring (bicyclic) bond motifs is 2. The largest absolute Gasteiger partial charge is 0.497 e. The Bertz CT molecular complexity index is 778. The highest BCUT2D eigenvalue weighted by Gasteiger charge is 2.36. The summed E-state index contributed by atoms with van der Waals surface area (Å²) in [5.41, 5.74) is 2.61. The molecule has 3 heterocycles. The number of methoxy groups -OCH3 is 1. The van der Waals surface area contributed by atoms with Crippen LogP contribution in [-0.4, -0.2) is 48.1 Å².